The first kappa shape index (κ1) is 16.5. The van der Waals surface area contributed by atoms with Gasteiger partial charge in [-0.2, -0.15) is 0 Å². The second-order valence-electron chi connectivity index (χ2n) is 6.40. The van der Waals surface area contributed by atoms with Crippen molar-refractivity contribution in [3.8, 4) is 0 Å². The first-order valence-electron chi connectivity index (χ1n) is 8.44. The van der Waals surface area contributed by atoms with Crippen LogP contribution in [0.1, 0.15) is 31.4 Å². The van der Waals surface area contributed by atoms with Crippen molar-refractivity contribution in [1.29, 1.82) is 0 Å². The number of hydrogen-bond donors (Lipinski definition) is 0. The number of benzene rings is 1. The third-order valence-corrected chi connectivity index (χ3v) is 4.83. The van der Waals surface area contributed by atoms with E-state index in [4.69, 9.17) is 0 Å². The highest BCUT2D eigenvalue weighted by molar-refractivity contribution is 5.86. The Hall–Kier alpha value is -2.37. The topological polar surface area (TPSA) is 60.9 Å². The van der Waals surface area contributed by atoms with Crippen molar-refractivity contribution < 1.29 is 14.4 Å². The molecule has 1 aromatic carbocycles. The Morgan fingerprint density at radius 1 is 1.12 bits per heavy atom. The Morgan fingerprint density at radius 3 is 2.50 bits per heavy atom. The second kappa shape index (κ2) is 7.03. The van der Waals surface area contributed by atoms with Crippen LogP contribution in [0.15, 0.2) is 30.3 Å². The average molecular weight is 329 g/mol. The van der Waals surface area contributed by atoms with Gasteiger partial charge in [-0.05, 0) is 12.0 Å². The van der Waals surface area contributed by atoms with Gasteiger partial charge in [0.1, 0.15) is 0 Å². The SMILES string of the molecule is CC(=O)N1CCN(C(=O)CN2CCCC2=O)[C@@H](c2ccccc2)C1. The van der Waals surface area contributed by atoms with Crippen LogP contribution in [-0.4, -0.2) is 65.1 Å². The Bertz CT molecular complexity index is 632. The number of carbonyl (C=O) groups excluding carboxylic acids is 3. The van der Waals surface area contributed by atoms with Gasteiger partial charge in [-0.1, -0.05) is 30.3 Å². The van der Waals surface area contributed by atoms with E-state index in [0.29, 0.717) is 32.6 Å². The van der Waals surface area contributed by atoms with Crippen molar-refractivity contribution in [2.45, 2.75) is 25.8 Å². The molecule has 3 amide bonds. The van der Waals surface area contributed by atoms with Crippen LogP contribution in [0.2, 0.25) is 0 Å². The van der Waals surface area contributed by atoms with Crippen molar-refractivity contribution in [3.05, 3.63) is 35.9 Å². The summed E-state index contributed by atoms with van der Waals surface area (Å²) in [4.78, 5) is 41.6. The zero-order valence-corrected chi connectivity index (χ0v) is 14.0. The largest absolute Gasteiger partial charge is 0.339 e. The van der Waals surface area contributed by atoms with E-state index in [0.717, 1.165) is 12.0 Å². The molecule has 0 unspecified atom stereocenters. The average Bonchev–Trinajstić information content (AvgIpc) is 3.00. The lowest BCUT2D eigenvalue weighted by Gasteiger charge is -2.42. The van der Waals surface area contributed by atoms with Crippen LogP contribution in [0.25, 0.3) is 0 Å². The number of amides is 3. The van der Waals surface area contributed by atoms with Crippen LogP contribution in [0.5, 0.6) is 0 Å². The van der Waals surface area contributed by atoms with Crippen LogP contribution in [0.3, 0.4) is 0 Å². The monoisotopic (exact) mass is 329 g/mol. The Morgan fingerprint density at radius 2 is 1.88 bits per heavy atom. The van der Waals surface area contributed by atoms with E-state index >= 15 is 0 Å². The lowest BCUT2D eigenvalue weighted by atomic mass is 10.0. The molecule has 1 atom stereocenters. The summed E-state index contributed by atoms with van der Waals surface area (Å²) in [6, 6.07) is 9.62. The summed E-state index contributed by atoms with van der Waals surface area (Å²) in [5, 5.41) is 0. The molecule has 128 valence electrons. The number of rotatable bonds is 3. The van der Waals surface area contributed by atoms with Gasteiger partial charge < -0.3 is 14.7 Å². The van der Waals surface area contributed by atoms with Gasteiger partial charge in [0, 0.05) is 39.5 Å². The summed E-state index contributed by atoms with van der Waals surface area (Å²) in [6.45, 7) is 3.90. The van der Waals surface area contributed by atoms with E-state index in [2.05, 4.69) is 0 Å². The highest BCUT2D eigenvalue weighted by Gasteiger charge is 2.34. The van der Waals surface area contributed by atoms with E-state index in [1.807, 2.05) is 35.2 Å². The van der Waals surface area contributed by atoms with E-state index in [1.54, 1.807) is 16.7 Å². The van der Waals surface area contributed by atoms with Gasteiger partial charge in [-0.3, -0.25) is 14.4 Å². The highest BCUT2D eigenvalue weighted by Crippen LogP contribution is 2.26. The Kier molecular flexibility index (Phi) is 4.83. The number of carbonyl (C=O) groups is 3. The van der Waals surface area contributed by atoms with Crippen molar-refractivity contribution in [2.24, 2.45) is 0 Å². The third-order valence-electron chi connectivity index (χ3n) is 4.83. The number of hydrogen-bond acceptors (Lipinski definition) is 3. The fourth-order valence-electron chi connectivity index (χ4n) is 3.45. The van der Waals surface area contributed by atoms with Crippen LogP contribution in [0, 0.1) is 0 Å². The minimum Gasteiger partial charge on any atom is -0.339 e. The third kappa shape index (κ3) is 3.42. The molecule has 2 fully saturated rings. The van der Waals surface area contributed by atoms with E-state index in [1.165, 1.54) is 0 Å². The molecule has 0 radical (unpaired) electrons. The minimum absolute atomic E-state index is 0.0257. The quantitative estimate of drug-likeness (QED) is 0.832. The van der Waals surface area contributed by atoms with Crippen molar-refractivity contribution in [2.75, 3.05) is 32.7 Å². The summed E-state index contributed by atoms with van der Waals surface area (Å²) < 4.78 is 0. The van der Waals surface area contributed by atoms with Gasteiger partial charge in [-0.25, -0.2) is 0 Å². The molecule has 0 aliphatic carbocycles. The molecule has 2 saturated heterocycles. The summed E-state index contributed by atoms with van der Waals surface area (Å²) in [6.07, 6.45) is 1.36. The molecular formula is C18H23N3O3. The molecule has 0 spiro atoms. The predicted molar refractivity (Wildman–Crippen MR) is 89.0 cm³/mol. The predicted octanol–water partition coefficient (Wildman–Crippen LogP) is 1.04. The van der Waals surface area contributed by atoms with Crippen LogP contribution < -0.4 is 0 Å². The number of piperazine rings is 1. The Balaban J connectivity index is 1.77. The molecule has 24 heavy (non-hydrogen) atoms. The van der Waals surface area contributed by atoms with Gasteiger partial charge in [0.25, 0.3) is 0 Å². The fourth-order valence-corrected chi connectivity index (χ4v) is 3.45. The molecule has 0 saturated carbocycles. The number of likely N-dealkylation sites (tertiary alicyclic amines) is 1. The first-order valence-corrected chi connectivity index (χ1v) is 8.44. The molecule has 6 nitrogen and oxygen atoms in total. The van der Waals surface area contributed by atoms with E-state index in [-0.39, 0.29) is 30.3 Å². The van der Waals surface area contributed by atoms with E-state index in [9.17, 15) is 14.4 Å². The minimum atomic E-state index is -0.158. The normalized spacial score (nSPS) is 21.3. The maximum Gasteiger partial charge on any atom is 0.242 e. The van der Waals surface area contributed by atoms with Crippen LogP contribution >= 0.6 is 0 Å². The molecule has 0 bridgehead atoms. The molecule has 2 aliphatic heterocycles. The zero-order valence-electron chi connectivity index (χ0n) is 14.0. The maximum atomic E-state index is 12.8. The molecule has 0 N–H and O–H groups in total. The second-order valence-corrected chi connectivity index (χ2v) is 6.40. The van der Waals surface area contributed by atoms with Crippen LogP contribution in [-0.2, 0) is 14.4 Å². The summed E-state index contributed by atoms with van der Waals surface area (Å²) >= 11 is 0. The van der Waals surface area contributed by atoms with Crippen LogP contribution in [0.4, 0.5) is 0 Å². The summed E-state index contributed by atoms with van der Waals surface area (Å²) in [5.41, 5.74) is 1.02. The molecule has 2 heterocycles. The highest BCUT2D eigenvalue weighted by atomic mass is 16.2. The van der Waals surface area contributed by atoms with Crippen molar-refractivity contribution in [3.63, 3.8) is 0 Å². The zero-order chi connectivity index (χ0) is 17.1. The van der Waals surface area contributed by atoms with Gasteiger partial charge in [0.05, 0.1) is 12.6 Å². The van der Waals surface area contributed by atoms with Crippen molar-refractivity contribution in [1.82, 2.24) is 14.7 Å². The first-order chi connectivity index (χ1) is 11.6. The van der Waals surface area contributed by atoms with Gasteiger partial charge >= 0.3 is 0 Å². The molecule has 2 aliphatic rings. The smallest absolute Gasteiger partial charge is 0.242 e. The maximum absolute atomic E-state index is 12.8. The fraction of sp³-hybridized carbons (Fsp3) is 0.500. The Labute approximate surface area is 142 Å². The molecular weight excluding hydrogens is 306 g/mol. The van der Waals surface area contributed by atoms with Crippen molar-refractivity contribution >= 4 is 17.7 Å². The summed E-state index contributed by atoms with van der Waals surface area (Å²) in [5.74, 6) is 0.0436. The molecule has 3 rings (SSSR count). The van der Waals surface area contributed by atoms with Gasteiger partial charge in [0.15, 0.2) is 0 Å². The van der Waals surface area contributed by atoms with Gasteiger partial charge in [0.2, 0.25) is 17.7 Å². The van der Waals surface area contributed by atoms with Gasteiger partial charge in [-0.15, -0.1) is 0 Å². The van der Waals surface area contributed by atoms with E-state index < -0.39 is 0 Å². The lowest BCUT2D eigenvalue weighted by molar-refractivity contribution is -0.145. The molecule has 0 aromatic heterocycles. The molecule has 6 heteroatoms. The lowest BCUT2D eigenvalue weighted by Crippen LogP contribution is -2.53. The summed E-state index contributed by atoms with van der Waals surface area (Å²) in [7, 11) is 0. The molecule has 1 aromatic rings. The number of nitrogens with zero attached hydrogens (tertiary/aromatic N) is 3. The standard InChI is InChI=1S/C18H23N3O3/c1-14(22)19-10-11-21(16(12-19)15-6-3-2-4-7-15)18(24)13-20-9-5-8-17(20)23/h2-4,6-7,16H,5,8-13H2,1H3/t16-/m1/s1.